The minimum absolute atomic E-state index is 0.0507. The van der Waals surface area contributed by atoms with Crippen LogP contribution in [0, 0.1) is 13.8 Å². The third-order valence-corrected chi connectivity index (χ3v) is 6.90. The average molecular weight is 470 g/mol. The number of sulfonamides is 1. The number of benzene rings is 3. The lowest BCUT2D eigenvalue weighted by Gasteiger charge is -2.22. The smallest absolute Gasteiger partial charge is 0.255 e. The molecule has 1 amide bonds. The van der Waals surface area contributed by atoms with Crippen molar-refractivity contribution < 1.29 is 13.2 Å². The van der Waals surface area contributed by atoms with Crippen LogP contribution < -0.4 is 5.43 Å². The van der Waals surface area contributed by atoms with E-state index < -0.39 is 22.5 Å². The minimum atomic E-state index is -3.95. The molecule has 166 valence electrons. The number of carbonyl (C=O) groups is 1. The molecule has 0 atom stereocenters. The average Bonchev–Trinajstić information content (AvgIpc) is 2.75. The van der Waals surface area contributed by atoms with E-state index in [-0.39, 0.29) is 11.4 Å². The number of amides is 1. The maximum absolute atomic E-state index is 13.3. The van der Waals surface area contributed by atoms with Crippen molar-refractivity contribution in [2.45, 2.75) is 25.3 Å². The summed E-state index contributed by atoms with van der Waals surface area (Å²) in [5.41, 5.74) is 5.83. The monoisotopic (exact) mass is 469 g/mol. The van der Waals surface area contributed by atoms with Crippen molar-refractivity contribution in [3.63, 3.8) is 0 Å². The SMILES string of the molecule is Cc1ccc(S(=O)(=O)N(CC(=O)NN=Cc2cccc(C)c2)Cc2ccccc2Cl)cc1. The molecule has 8 heteroatoms. The van der Waals surface area contributed by atoms with Gasteiger partial charge in [0, 0.05) is 11.6 Å². The topological polar surface area (TPSA) is 78.8 Å². The summed E-state index contributed by atoms with van der Waals surface area (Å²) in [7, 11) is -3.95. The number of carbonyl (C=O) groups excluding carboxylic acids is 1. The number of rotatable bonds is 8. The fourth-order valence-electron chi connectivity index (χ4n) is 3.03. The molecular formula is C24H24ClN3O3S. The molecule has 1 N–H and O–H groups in total. The van der Waals surface area contributed by atoms with Crippen molar-refractivity contribution in [3.8, 4) is 0 Å². The fraction of sp³-hybridized carbons (Fsp3) is 0.167. The van der Waals surface area contributed by atoms with E-state index in [4.69, 9.17) is 11.6 Å². The van der Waals surface area contributed by atoms with Gasteiger partial charge in [0.05, 0.1) is 17.7 Å². The molecule has 3 rings (SSSR count). The van der Waals surface area contributed by atoms with Crippen LogP contribution in [0.3, 0.4) is 0 Å². The molecule has 0 aliphatic heterocycles. The molecule has 3 aromatic rings. The highest BCUT2D eigenvalue weighted by Crippen LogP contribution is 2.22. The van der Waals surface area contributed by atoms with Crippen molar-refractivity contribution in [1.82, 2.24) is 9.73 Å². The predicted octanol–water partition coefficient (Wildman–Crippen LogP) is 4.30. The second-order valence-electron chi connectivity index (χ2n) is 7.38. The summed E-state index contributed by atoms with van der Waals surface area (Å²) in [6.45, 7) is 3.37. The maximum Gasteiger partial charge on any atom is 0.255 e. The summed E-state index contributed by atoms with van der Waals surface area (Å²) < 4.78 is 27.7. The maximum atomic E-state index is 13.3. The fourth-order valence-corrected chi connectivity index (χ4v) is 4.60. The van der Waals surface area contributed by atoms with Crippen LogP contribution in [0.2, 0.25) is 5.02 Å². The number of aryl methyl sites for hydroxylation is 2. The number of hydrogen-bond acceptors (Lipinski definition) is 4. The van der Waals surface area contributed by atoms with Crippen LogP contribution in [-0.4, -0.2) is 31.4 Å². The first-order valence-electron chi connectivity index (χ1n) is 9.94. The van der Waals surface area contributed by atoms with Gasteiger partial charge < -0.3 is 0 Å². The van der Waals surface area contributed by atoms with Gasteiger partial charge in [0.25, 0.3) is 5.91 Å². The molecule has 0 heterocycles. The zero-order valence-corrected chi connectivity index (χ0v) is 19.4. The number of hydrogen-bond donors (Lipinski definition) is 1. The first-order chi connectivity index (χ1) is 15.3. The van der Waals surface area contributed by atoms with Gasteiger partial charge in [0.2, 0.25) is 10.0 Å². The largest absolute Gasteiger partial charge is 0.272 e. The third-order valence-electron chi connectivity index (χ3n) is 4.73. The van der Waals surface area contributed by atoms with Crippen molar-refractivity contribution in [3.05, 3.63) is 100 Å². The number of nitrogens with zero attached hydrogens (tertiary/aromatic N) is 2. The molecule has 6 nitrogen and oxygen atoms in total. The predicted molar refractivity (Wildman–Crippen MR) is 127 cm³/mol. The Morgan fingerprint density at radius 3 is 2.41 bits per heavy atom. The third kappa shape index (κ3) is 6.26. The van der Waals surface area contributed by atoms with Gasteiger partial charge in [-0.25, -0.2) is 13.8 Å². The van der Waals surface area contributed by atoms with Gasteiger partial charge in [-0.05, 0) is 43.2 Å². The lowest BCUT2D eigenvalue weighted by atomic mass is 10.2. The van der Waals surface area contributed by atoms with E-state index in [1.165, 1.54) is 18.3 Å². The molecule has 0 fully saturated rings. The summed E-state index contributed by atoms with van der Waals surface area (Å²) in [4.78, 5) is 12.7. The second-order valence-corrected chi connectivity index (χ2v) is 9.73. The second kappa shape index (κ2) is 10.5. The Morgan fingerprint density at radius 2 is 1.72 bits per heavy atom. The van der Waals surface area contributed by atoms with Gasteiger partial charge in [-0.3, -0.25) is 4.79 Å². The van der Waals surface area contributed by atoms with E-state index >= 15 is 0 Å². The zero-order chi connectivity index (χ0) is 23.1. The highest BCUT2D eigenvalue weighted by Gasteiger charge is 2.27. The quantitative estimate of drug-likeness (QED) is 0.394. The first kappa shape index (κ1) is 23.7. The Balaban J connectivity index is 1.81. The molecule has 0 aliphatic rings. The van der Waals surface area contributed by atoms with Crippen molar-refractivity contribution in [2.75, 3.05) is 6.54 Å². The number of nitrogens with one attached hydrogen (secondary N) is 1. The lowest BCUT2D eigenvalue weighted by molar-refractivity contribution is -0.121. The van der Waals surface area contributed by atoms with E-state index in [1.54, 1.807) is 36.4 Å². The highest BCUT2D eigenvalue weighted by molar-refractivity contribution is 7.89. The molecule has 0 saturated carbocycles. The van der Waals surface area contributed by atoms with Crippen LogP contribution >= 0.6 is 11.6 Å². The summed E-state index contributed by atoms with van der Waals surface area (Å²) >= 11 is 6.24. The van der Waals surface area contributed by atoms with E-state index in [1.807, 2.05) is 38.1 Å². The van der Waals surface area contributed by atoms with Crippen molar-refractivity contribution in [2.24, 2.45) is 5.10 Å². The van der Waals surface area contributed by atoms with E-state index in [0.29, 0.717) is 10.6 Å². The number of halogens is 1. The van der Waals surface area contributed by atoms with E-state index in [0.717, 1.165) is 21.0 Å². The van der Waals surface area contributed by atoms with Crippen LogP contribution in [0.1, 0.15) is 22.3 Å². The summed E-state index contributed by atoms with van der Waals surface area (Å²) in [6.07, 6.45) is 1.51. The minimum Gasteiger partial charge on any atom is -0.272 e. The van der Waals surface area contributed by atoms with Crippen LogP contribution in [0.15, 0.2) is 82.8 Å². The van der Waals surface area contributed by atoms with Crippen LogP contribution in [-0.2, 0) is 21.4 Å². The van der Waals surface area contributed by atoms with Gasteiger partial charge in [-0.15, -0.1) is 0 Å². The van der Waals surface area contributed by atoms with Gasteiger partial charge in [0.1, 0.15) is 0 Å². The molecule has 0 aromatic heterocycles. The number of hydrazone groups is 1. The van der Waals surface area contributed by atoms with Gasteiger partial charge in [-0.1, -0.05) is 77.3 Å². The molecule has 0 bridgehead atoms. The Morgan fingerprint density at radius 1 is 1.00 bits per heavy atom. The van der Waals surface area contributed by atoms with Crippen LogP contribution in [0.4, 0.5) is 0 Å². The lowest BCUT2D eigenvalue weighted by Crippen LogP contribution is -2.39. The highest BCUT2D eigenvalue weighted by atomic mass is 35.5. The zero-order valence-electron chi connectivity index (χ0n) is 17.8. The molecule has 0 aliphatic carbocycles. The Labute approximate surface area is 193 Å². The standard InChI is InChI=1S/C24H24ClN3O3S/c1-18-10-12-22(13-11-18)32(30,31)28(16-21-8-3-4-9-23(21)25)17-24(29)27-26-15-20-7-5-6-19(2)14-20/h3-15H,16-17H2,1-2H3,(H,27,29). The molecule has 0 spiro atoms. The summed E-state index contributed by atoms with van der Waals surface area (Å²) in [6, 6.07) is 21.0. The molecule has 0 radical (unpaired) electrons. The van der Waals surface area contributed by atoms with Crippen LogP contribution in [0.25, 0.3) is 0 Å². The van der Waals surface area contributed by atoms with Gasteiger partial charge in [0.15, 0.2) is 0 Å². The molecule has 3 aromatic carbocycles. The molecular weight excluding hydrogens is 446 g/mol. The van der Waals surface area contributed by atoms with Crippen molar-refractivity contribution >= 4 is 33.7 Å². The molecule has 32 heavy (non-hydrogen) atoms. The van der Waals surface area contributed by atoms with Gasteiger partial charge >= 0.3 is 0 Å². The normalized spacial score (nSPS) is 11.8. The Bertz CT molecular complexity index is 1230. The molecule has 0 saturated heterocycles. The Hall–Kier alpha value is -3.00. The van der Waals surface area contributed by atoms with Crippen molar-refractivity contribution in [1.29, 1.82) is 0 Å². The Kier molecular flexibility index (Phi) is 7.80. The van der Waals surface area contributed by atoms with Gasteiger partial charge in [-0.2, -0.15) is 9.41 Å². The summed E-state index contributed by atoms with van der Waals surface area (Å²) in [5, 5.41) is 4.38. The van der Waals surface area contributed by atoms with E-state index in [9.17, 15) is 13.2 Å². The van der Waals surface area contributed by atoms with E-state index in [2.05, 4.69) is 10.5 Å². The summed E-state index contributed by atoms with van der Waals surface area (Å²) in [5.74, 6) is -0.559. The molecule has 0 unspecified atom stereocenters. The van der Waals surface area contributed by atoms with Crippen LogP contribution in [0.5, 0.6) is 0 Å². The first-order valence-corrected chi connectivity index (χ1v) is 11.8.